The van der Waals surface area contributed by atoms with Gasteiger partial charge < -0.3 is 44.9 Å². The van der Waals surface area contributed by atoms with E-state index in [2.05, 4.69) is 77.1 Å². The second-order valence-electron chi connectivity index (χ2n) is 21.1. The molecule has 3 aromatic carbocycles. The molecule has 2 unspecified atom stereocenters. The van der Waals surface area contributed by atoms with Gasteiger partial charge in [0.2, 0.25) is 20.0 Å². The Hall–Kier alpha value is -5.97. The van der Waals surface area contributed by atoms with Crippen molar-refractivity contribution < 1.29 is 64.9 Å². The highest BCUT2D eigenvalue weighted by Crippen LogP contribution is 2.27. The predicted molar refractivity (Wildman–Crippen MR) is 295 cm³/mol. The van der Waals surface area contributed by atoms with Gasteiger partial charge >= 0.3 is 24.1 Å². The van der Waals surface area contributed by atoms with Crippen molar-refractivity contribution in [3.05, 3.63) is 78.4 Å². The van der Waals surface area contributed by atoms with Crippen molar-refractivity contribution in [2.45, 2.75) is 136 Å². The van der Waals surface area contributed by atoms with Crippen LogP contribution in [0.25, 0.3) is 0 Å². The summed E-state index contributed by atoms with van der Waals surface area (Å²) in [6.45, 7) is 26.0. The first-order valence-electron chi connectivity index (χ1n) is 25.3. The molecule has 2 aliphatic rings. The van der Waals surface area contributed by atoms with E-state index in [1.165, 1.54) is 67.7 Å². The van der Waals surface area contributed by atoms with Crippen LogP contribution in [0.2, 0.25) is 0 Å². The summed E-state index contributed by atoms with van der Waals surface area (Å²) in [5, 5.41) is 11.8. The smallest absolute Gasteiger partial charge is 0.410 e. The molecule has 2 aliphatic heterocycles. The van der Waals surface area contributed by atoms with Crippen molar-refractivity contribution in [3.63, 3.8) is 0 Å². The Balaban J connectivity index is 0.000000633. The number of nitrogens with one attached hydrogen (secondary N) is 3. The Labute approximate surface area is 452 Å². The molecule has 0 aromatic heterocycles. The van der Waals surface area contributed by atoms with Gasteiger partial charge in [-0.15, -0.1) is 0 Å². The van der Waals surface area contributed by atoms with E-state index >= 15 is 0 Å². The molecule has 22 heteroatoms. The summed E-state index contributed by atoms with van der Waals surface area (Å²) < 4.78 is 76.2. The molecule has 0 radical (unpaired) electrons. The second-order valence-corrected chi connectivity index (χ2v) is 24.6. The lowest BCUT2D eigenvalue weighted by Crippen LogP contribution is -2.51. The van der Waals surface area contributed by atoms with Gasteiger partial charge in [0.15, 0.2) is 0 Å². The lowest BCUT2D eigenvalue weighted by Gasteiger charge is -2.35. The van der Waals surface area contributed by atoms with Gasteiger partial charge in [-0.2, -0.15) is 9.44 Å². The minimum Gasteiger partial charge on any atom is -0.497 e. The number of nitrogens with two attached hydrogens (primary N) is 1. The second kappa shape index (κ2) is 32.6. The molecule has 3 amide bonds. The van der Waals surface area contributed by atoms with Crippen LogP contribution in [0.1, 0.15) is 119 Å². The van der Waals surface area contributed by atoms with Crippen molar-refractivity contribution in [2.75, 3.05) is 58.6 Å². The van der Waals surface area contributed by atoms with Gasteiger partial charge in [0.25, 0.3) is 5.91 Å². The standard InChI is InChI=1S/C23H27N3O8S.C19H29N3O6S.3C4H10/c1-33-18-7-3-16(4-8-18)21(27)24-17-5-9-19(10-6-17)35(31,32)25-20(22(28)34-2)15-11-13-26(14-12-15)23(29)30;1-19(2,3)28-18(24)22-11-9-13(10-12-22)16(17(23)27-4)21-29(25,26)15-7-5-14(20)6-8-15;3*1-4(2)3/h3-10,15,20,25H,11-14H2,1-2H3,(H,24,27)(H,29,30);5-8,13,16,21H,9-12,20H2,1-4H3;3*4H,1-3H3. The number of sulfonamides is 2. The monoisotopic (exact) mass is 1110 g/mol. The van der Waals surface area contributed by atoms with E-state index in [1.807, 2.05) is 0 Å². The molecule has 2 saturated heterocycles. The third-order valence-corrected chi connectivity index (χ3v) is 13.3. The third-order valence-electron chi connectivity index (χ3n) is 10.4. The predicted octanol–water partition coefficient (Wildman–Crippen LogP) is 8.88. The SMILES string of the molecule is CC(C)C.CC(C)C.CC(C)C.COC(=O)C(NS(=O)(=O)c1ccc(N)cc1)C1CCN(C(=O)OC(C)(C)C)CC1.COC(=O)C(NS(=O)(=O)c1ccc(NC(=O)c2ccc(OC)cc2)cc1)C1CCN(C(=O)O)CC1. The molecule has 76 heavy (non-hydrogen) atoms. The van der Waals surface area contributed by atoms with Crippen molar-refractivity contribution >= 4 is 61.5 Å². The van der Waals surface area contributed by atoms with Gasteiger partial charge in [-0.3, -0.25) is 14.4 Å². The fourth-order valence-corrected chi connectivity index (χ4v) is 9.38. The summed E-state index contributed by atoms with van der Waals surface area (Å²) in [6.07, 6.45) is 0.00776. The largest absolute Gasteiger partial charge is 0.497 e. The molecule has 20 nitrogen and oxygen atoms in total. The van der Waals surface area contributed by atoms with Gasteiger partial charge in [0.05, 0.1) is 31.1 Å². The number of rotatable bonds is 13. The zero-order chi connectivity index (χ0) is 58.1. The van der Waals surface area contributed by atoms with Crippen LogP contribution >= 0.6 is 0 Å². The Morgan fingerprint density at radius 2 is 0.947 bits per heavy atom. The summed E-state index contributed by atoms with van der Waals surface area (Å²) in [5.41, 5.74) is 6.22. The molecule has 3 aromatic rings. The number of anilines is 2. The molecule has 0 spiro atoms. The van der Waals surface area contributed by atoms with Gasteiger partial charge in [-0.05, 0) is 149 Å². The van der Waals surface area contributed by atoms with E-state index in [9.17, 15) is 40.8 Å². The van der Waals surface area contributed by atoms with Crippen LogP contribution in [0.4, 0.5) is 21.0 Å². The van der Waals surface area contributed by atoms with Crippen molar-refractivity contribution in [1.82, 2.24) is 19.2 Å². The van der Waals surface area contributed by atoms with Gasteiger partial charge in [0.1, 0.15) is 23.4 Å². The molecule has 5 rings (SSSR count). The Morgan fingerprint density at radius 1 is 0.592 bits per heavy atom. The Bertz CT molecular complexity index is 2440. The number of esters is 2. The fourth-order valence-electron chi connectivity index (χ4n) is 6.87. The number of methoxy groups -OCH3 is 3. The number of benzene rings is 3. The summed E-state index contributed by atoms with van der Waals surface area (Å²) in [7, 11) is -4.16. The number of piperidine rings is 2. The van der Waals surface area contributed by atoms with Crippen LogP contribution in [0.5, 0.6) is 5.75 Å². The zero-order valence-corrected chi connectivity index (χ0v) is 48.8. The Morgan fingerprint density at radius 3 is 1.28 bits per heavy atom. The van der Waals surface area contributed by atoms with Crippen molar-refractivity contribution in [3.8, 4) is 5.75 Å². The number of amides is 3. The molecular formula is C54H86N6O14S2. The number of carbonyl (C=O) groups is 5. The summed E-state index contributed by atoms with van der Waals surface area (Å²) >= 11 is 0. The summed E-state index contributed by atoms with van der Waals surface area (Å²) in [6, 6.07) is 15.5. The summed E-state index contributed by atoms with van der Waals surface area (Å²) in [4.78, 5) is 63.1. The van der Waals surface area contributed by atoms with Gasteiger partial charge in [-0.25, -0.2) is 26.4 Å². The fraction of sp³-hybridized carbons (Fsp3) is 0.574. The topological polar surface area (TPSA) is 279 Å². The van der Waals surface area contributed by atoms with E-state index in [0.717, 1.165) is 24.9 Å². The van der Waals surface area contributed by atoms with E-state index < -0.39 is 67.8 Å². The minimum atomic E-state index is -4.11. The number of carbonyl (C=O) groups excluding carboxylic acids is 4. The number of nitrogens with zero attached hydrogens (tertiary/aromatic N) is 2. The number of hydrogen-bond donors (Lipinski definition) is 5. The van der Waals surface area contributed by atoms with Crippen LogP contribution in [-0.4, -0.2) is 127 Å². The summed E-state index contributed by atoms with van der Waals surface area (Å²) in [5.74, 6) is 0.590. The maximum Gasteiger partial charge on any atom is 0.410 e. The average molecular weight is 1110 g/mol. The van der Waals surface area contributed by atoms with Crippen LogP contribution in [0.3, 0.4) is 0 Å². The van der Waals surface area contributed by atoms with Crippen molar-refractivity contribution in [1.29, 1.82) is 0 Å². The van der Waals surface area contributed by atoms with E-state index in [4.69, 9.17) is 29.8 Å². The number of hydrogen-bond acceptors (Lipinski definition) is 14. The first-order chi connectivity index (χ1) is 35.3. The first-order valence-corrected chi connectivity index (χ1v) is 28.3. The van der Waals surface area contributed by atoms with E-state index in [1.54, 1.807) is 49.9 Å². The lowest BCUT2D eigenvalue weighted by atomic mass is 9.90. The van der Waals surface area contributed by atoms with Gasteiger partial charge in [0, 0.05) is 43.1 Å². The zero-order valence-electron chi connectivity index (χ0n) is 47.2. The lowest BCUT2D eigenvalue weighted by molar-refractivity contribution is -0.145. The number of ether oxygens (including phenoxy) is 4. The quantitative estimate of drug-likeness (QED) is 0.0607. The van der Waals surface area contributed by atoms with Crippen LogP contribution in [0.15, 0.2) is 82.6 Å². The molecule has 6 N–H and O–H groups in total. The molecule has 0 bridgehead atoms. The molecule has 2 fully saturated rings. The molecule has 2 heterocycles. The van der Waals surface area contributed by atoms with E-state index in [0.29, 0.717) is 61.5 Å². The highest BCUT2D eigenvalue weighted by Gasteiger charge is 2.38. The maximum atomic E-state index is 13.0. The maximum absolute atomic E-state index is 13.0. The Kier molecular flexibility index (Phi) is 29.2. The normalized spacial score (nSPS) is 14.9. The highest BCUT2D eigenvalue weighted by molar-refractivity contribution is 7.89. The third kappa shape index (κ3) is 25.7. The molecule has 0 saturated carbocycles. The first kappa shape index (κ1) is 68.0. The number of likely N-dealkylation sites (tertiary alicyclic amines) is 2. The van der Waals surface area contributed by atoms with Crippen LogP contribution in [-0.2, 0) is 43.8 Å². The molecule has 0 aliphatic carbocycles. The van der Waals surface area contributed by atoms with Crippen LogP contribution < -0.4 is 25.2 Å². The van der Waals surface area contributed by atoms with Crippen LogP contribution in [0, 0.1) is 29.6 Å². The van der Waals surface area contributed by atoms with Gasteiger partial charge in [-0.1, -0.05) is 62.3 Å². The van der Waals surface area contributed by atoms with Crippen molar-refractivity contribution in [2.24, 2.45) is 29.6 Å². The highest BCUT2D eigenvalue weighted by atomic mass is 32.2. The molecule has 428 valence electrons. The molecule has 2 atom stereocenters. The number of nitrogen functional groups attached to an aromatic ring is 1. The van der Waals surface area contributed by atoms with E-state index in [-0.39, 0.29) is 34.7 Å². The number of carboxylic acid groups (broad SMARTS) is 1. The minimum absolute atomic E-state index is 0.00629. The molecular weight excluding hydrogens is 1020 g/mol. The average Bonchev–Trinajstić information content (AvgIpc) is 3.34.